The fourth-order valence-corrected chi connectivity index (χ4v) is 3.81. The monoisotopic (exact) mass is 380 g/mol. The smallest absolute Gasteiger partial charge is 0.262 e. The van der Waals surface area contributed by atoms with Crippen LogP contribution in [0.25, 0.3) is 22.6 Å². The molecule has 0 fully saturated rings. The molecule has 0 radical (unpaired) electrons. The summed E-state index contributed by atoms with van der Waals surface area (Å²) in [5.74, 6) is 1.03. The molecule has 2 aromatic carbocycles. The molecule has 0 amide bonds. The van der Waals surface area contributed by atoms with Crippen LogP contribution in [0.5, 0.6) is 5.75 Å². The number of sulfonamides is 1. The lowest BCUT2D eigenvalue weighted by Crippen LogP contribution is -2.13. The summed E-state index contributed by atoms with van der Waals surface area (Å²) >= 11 is 0. The lowest BCUT2D eigenvalue weighted by atomic mass is 10.3. The zero-order valence-electron chi connectivity index (χ0n) is 14.4. The molecule has 0 spiro atoms. The van der Waals surface area contributed by atoms with Crippen molar-refractivity contribution in [2.75, 3.05) is 11.8 Å². The number of nitrogens with one attached hydrogen (secondary N) is 2. The van der Waals surface area contributed by atoms with E-state index in [-0.39, 0.29) is 4.90 Å². The van der Waals surface area contributed by atoms with E-state index < -0.39 is 10.0 Å². The average molecular weight is 380 g/mol. The number of pyridine rings is 1. The van der Waals surface area contributed by atoms with E-state index in [2.05, 4.69) is 19.7 Å². The molecule has 0 bridgehead atoms. The van der Waals surface area contributed by atoms with Gasteiger partial charge in [0.1, 0.15) is 11.4 Å². The third-order valence-corrected chi connectivity index (χ3v) is 5.39. The number of imidazole rings is 1. The van der Waals surface area contributed by atoms with E-state index in [1.54, 1.807) is 42.6 Å². The fourth-order valence-electron chi connectivity index (χ4n) is 2.71. The van der Waals surface area contributed by atoms with Gasteiger partial charge in [0.2, 0.25) is 0 Å². The van der Waals surface area contributed by atoms with Crippen molar-refractivity contribution in [2.24, 2.45) is 0 Å². The molecule has 0 saturated heterocycles. The van der Waals surface area contributed by atoms with E-state index in [0.717, 1.165) is 0 Å². The van der Waals surface area contributed by atoms with Gasteiger partial charge >= 0.3 is 0 Å². The summed E-state index contributed by atoms with van der Waals surface area (Å²) in [4.78, 5) is 12.0. The van der Waals surface area contributed by atoms with Crippen molar-refractivity contribution in [3.05, 3.63) is 66.9 Å². The third kappa shape index (κ3) is 3.34. The number of aromatic amines is 1. The number of hydrogen-bond donors (Lipinski definition) is 2. The number of methoxy groups -OCH3 is 1. The Kier molecular flexibility index (Phi) is 4.25. The number of benzene rings is 2. The molecule has 0 aliphatic carbocycles. The summed E-state index contributed by atoms with van der Waals surface area (Å²) in [5, 5.41) is 0. The highest BCUT2D eigenvalue weighted by atomic mass is 32.2. The van der Waals surface area contributed by atoms with E-state index in [0.29, 0.717) is 34.0 Å². The molecule has 0 aliphatic heterocycles. The molecule has 0 aliphatic rings. The number of nitrogens with zero attached hydrogens (tertiary/aromatic N) is 2. The summed E-state index contributed by atoms with van der Waals surface area (Å²) in [6.07, 6.45) is 1.68. The first-order valence-electron chi connectivity index (χ1n) is 8.14. The Morgan fingerprint density at radius 1 is 1.04 bits per heavy atom. The number of aromatic nitrogens is 3. The number of hydrogen-bond acceptors (Lipinski definition) is 5. The molecule has 4 rings (SSSR count). The molecular formula is C19H16N4O3S. The maximum atomic E-state index is 12.8. The van der Waals surface area contributed by atoms with Gasteiger partial charge in [0, 0.05) is 6.20 Å². The Morgan fingerprint density at radius 3 is 2.63 bits per heavy atom. The molecule has 8 heteroatoms. The highest BCUT2D eigenvalue weighted by Crippen LogP contribution is 2.27. The first-order valence-corrected chi connectivity index (χ1v) is 9.62. The molecule has 2 heterocycles. The molecule has 2 N–H and O–H groups in total. The van der Waals surface area contributed by atoms with Gasteiger partial charge in [-0.05, 0) is 42.5 Å². The second-order valence-corrected chi connectivity index (χ2v) is 7.47. The summed E-state index contributed by atoms with van der Waals surface area (Å²) < 4.78 is 33.3. The Hall–Kier alpha value is -3.39. The second-order valence-electron chi connectivity index (χ2n) is 5.79. The number of ether oxygens (including phenoxy) is 1. The maximum absolute atomic E-state index is 12.8. The van der Waals surface area contributed by atoms with E-state index in [4.69, 9.17) is 4.74 Å². The van der Waals surface area contributed by atoms with Crippen molar-refractivity contribution in [1.82, 2.24) is 15.0 Å². The molecule has 7 nitrogen and oxygen atoms in total. The maximum Gasteiger partial charge on any atom is 0.262 e. The Bertz CT molecular complexity index is 1200. The Balaban J connectivity index is 1.71. The molecule has 27 heavy (non-hydrogen) atoms. The van der Waals surface area contributed by atoms with Crippen LogP contribution in [0.2, 0.25) is 0 Å². The Labute approximate surface area is 156 Å². The first-order chi connectivity index (χ1) is 13.1. The minimum absolute atomic E-state index is 0.122. The van der Waals surface area contributed by atoms with Gasteiger partial charge in [-0.1, -0.05) is 18.2 Å². The zero-order valence-corrected chi connectivity index (χ0v) is 15.2. The van der Waals surface area contributed by atoms with Crippen LogP contribution in [0, 0.1) is 0 Å². The zero-order chi connectivity index (χ0) is 18.9. The normalized spacial score (nSPS) is 11.4. The van der Waals surface area contributed by atoms with Crippen LogP contribution in [0.15, 0.2) is 71.8 Å². The molecule has 136 valence electrons. The quantitative estimate of drug-likeness (QED) is 0.553. The first kappa shape index (κ1) is 17.0. The summed E-state index contributed by atoms with van der Waals surface area (Å²) in [6.45, 7) is 0. The van der Waals surface area contributed by atoms with Crippen molar-refractivity contribution in [3.8, 4) is 17.3 Å². The van der Waals surface area contributed by atoms with Crippen LogP contribution in [-0.4, -0.2) is 30.5 Å². The lowest BCUT2D eigenvalue weighted by Gasteiger charge is -2.11. The predicted octanol–water partition coefficient (Wildman–Crippen LogP) is 3.43. The van der Waals surface area contributed by atoms with Crippen LogP contribution >= 0.6 is 0 Å². The predicted molar refractivity (Wildman–Crippen MR) is 103 cm³/mol. The summed E-state index contributed by atoms with van der Waals surface area (Å²) in [7, 11) is -2.30. The second kappa shape index (κ2) is 6.73. The number of fused-ring (bicyclic) bond motifs is 1. The number of rotatable bonds is 5. The van der Waals surface area contributed by atoms with Gasteiger partial charge in [0.25, 0.3) is 10.0 Å². The SMILES string of the molecule is COc1ccccc1NS(=O)(=O)c1ccc2nc(-c3ccccn3)[nH]c2c1. The highest BCUT2D eigenvalue weighted by molar-refractivity contribution is 7.92. The van der Waals surface area contributed by atoms with Crippen molar-refractivity contribution >= 4 is 26.7 Å². The summed E-state index contributed by atoms with van der Waals surface area (Å²) in [6, 6.07) is 17.1. The third-order valence-electron chi connectivity index (χ3n) is 4.02. The molecule has 0 saturated carbocycles. The number of para-hydroxylation sites is 2. The summed E-state index contributed by atoms with van der Waals surface area (Å²) in [5.41, 5.74) is 2.33. The van der Waals surface area contributed by atoms with E-state index >= 15 is 0 Å². The van der Waals surface area contributed by atoms with Crippen molar-refractivity contribution in [3.63, 3.8) is 0 Å². The topological polar surface area (TPSA) is 97.0 Å². The van der Waals surface area contributed by atoms with Crippen molar-refractivity contribution in [1.29, 1.82) is 0 Å². The van der Waals surface area contributed by atoms with Crippen molar-refractivity contribution in [2.45, 2.75) is 4.90 Å². The van der Waals surface area contributed by atoms with Crippen LogP contribution in [0.1, 0.15) is 0 Å². The standard InChI is InChI=1S/C19H16N4O3S/c1-26-18-8-3-2-6-15(18)23-27(24,25)13-9-10-14-17(12-13)22-19(21-14)16-7-4-5-11-20-16/h2-12,23H,1H3,(H,21,22). The van der Waals surface area contributed by atoms with Crippen LogP contribution in [0.4, 0.5) is 5.69 Å². The largest absolute Gasteiger partial charge is 0.495 e. The lowest BCUT2D eigenvalue weighted by molar-refractivity contribution is 0.417. The van der Waals surface area contributed by atoms with Gasteiger partial charge < -0.3 is 9.72 Å². The minimum Gasteiger partial charge on any atom is -0.495 e. The highest BCUT2D eigenvalue weighted by Gasteiger charge is 2.18. The molecule has 0 unspecified atom stereocenters. The fraction of sp³-hybridized carbons (Fsp3) is 0.0526. The van der Waals surface area contributed by atoms with E-state index in [1.807, 2.05) is 18.2 Å². The van der Waals surface area contributed by atoms with Crippen LogP contribution in [-0.2, 0) is 10.0 Å². The van der Waals surface area contributed by atoms with Gasteiger partial charge in [-0.2, -0.15) is 0 Å². The van der Waals surface area contributed by atoms with Gasteiger partial charge in [0.15, 0.2) is 5.82 Å². The van der Waals surface area contributed by atoms with Crippen molar-refractivity contribution < 1.29 is 13.2 Å². The van der Waals surface area contributed by atoms with Crippen LogP contribution in [0.3, 0.4) is 0 Å². The van der Waals surface area contributed by atoms with E-state index in [9.17, 15) is 8.42 Å². The van der Waals surface area contributed by atoms with Gasteiger partial charge in [-0.25, -0.2) is 13.4 Å². The molecule has 4 aromatic rings. The number of H-pyrrole nitrogens is 1. The van der Waals surface area contributed by atoms with Crippen LogP contribution < -0.4 is 9.46 Å². The Morgan fingerprint density at radius 2 is 1.85 bits per heavy atom. The molecule has 2 aromatic heterocycles. The van der Waals surface area contributed by atoms with Gasteiger partial charge in [-0.3, -0.25) is 9.71 Å². The number of anilines is 1. The molecular weight excluding hydrogens is 364 g/mol. The van der Waals surface area contributed by atoms with E-state index in [1.165, 1.54) is 13.2 Å². The average Bonchev–Trinajstić information content (AvgIpc) is 3.12. The molecule has 0 atom stereocenters. The van der Waals surface area contributed by atoms with Gasteiger partial charge in [-0.15, -0.1) is 0 Å². The van der Waals surface area contributed by atoms with Gasteiger partial charge in [0.05, 0.1) is 28.7 Å². The minimum atomic E-state index is -3.79.